The number of sulfonamides is 1. The number of aromatic nitrogens is 1. The fourth-order valence-corrected chi connectivity index (χ4v) is 6.20. The van der Waals surface area contributed by atoms with Gasteiger partial charge in [0.1, 0.15) is 0 Å². The van der Waals surface area contributed by atoms with Crippen LogP contribution in [0.3, 0.4) is 0 Å². The van der Waals surface area contributed by atoms with E-state index in [-0.39, 0.29) is 31.2 Å². The highest BCUT2D eigenvalue weighted by Gasteiger charge is 2.24. The number of aryl methyl sites for hydroxylation is 3. The molecule has 3 rings (SSSR count). The topological polar surface area (TPSA) is 90.2 Å². The van der Waals surface area contributed by atoms with Crippen molar-refractivity contribution in [1.29, 1.82) is 0 Å². The number of nitrogens with zero attached hydrogens (tertiary/aromatic N) is 3. The third-order valence-corrected chi connectivity index (χ3v) is 8.25. The minimum Gasteiger partial charge on any atom is -0.383 e. The van der Waals surface area contributed by atoms with Gasteiger partial charge in [-0.25, -0.2) is 8.42 Å². The smallest absolute Gasteiger partial charge is 0.279 e. The van der Waals surface area contributed by atoms with Gasteiger partial charge in [0.05, 0.1) is 28.3 Å². The molecule has 1 aromatic heterocycles. The van der Waals surface area contributed by atoms with Gasteiger partial charge >= 0.3 is 0 Å². The number of rotatable bonds is 9. The lowest BCUT2D eigenvalue weighted by atomic mass is 10.1. The van der Waals surface area contributed by atoms with E-state index in [0.29, 0.717) is 10.4 Å². The number of carbonyl (C=O) groups excluding carboxylic acids is 1. The maximum atomic E-state index is 13.0. The number of fused-ring (bicyclic) bond motifs is 1. The van der Waals surface area contributed by atoms with Crippen molar-refractivity contribution >= 4 is 37.5 Å². The number of ether oxygens (including phenoxy) is 2. The first-order valence-electron chi connectivity index (χ1n) is 10.4. The molecule has 10 heteroatoms. The van der Waals surface area contributed by atoms with Gasteiger partial charge in [-0.2, -0.15) is 9.30 Å². The van der Waals surface area contributed by atoms with Crippen LogP contribution in [0.15, 0.2) is 46.3 Å². The minimum atomic E-state index is -3.75. The van der Waals surface area contributed by atoms with Crippen LogP contribution in [0, 0.1) is 13.8 Å². The van der Waals surface area contributed by atoms with Crippen LogP contribution in [0.4, 0.5) is 0 Å². The molecule has 2 aromatic carbocycles. The first kappa shape index (κ1) is 25.3. The summed E-state index contributed by atoms with van der Waals surface area (Å²) >= 11 is 1.45. The molecule has 0 aliphatic carbocycles. The molecule has 0 spiro atoms. The molecule has 0 atom stereocenters. The lowest BCUT2D eigenvalue weighted by Crippen LogP contribution is -2.36. The Kier molecular flexibility index (Phi) is 8.19. The molecule has 1 amide bonds. The van der Waals surface area contributed by atoms with Gasteiger partial charge in [0.15, 0.2) is 4.80 Å². The maximum Gasteiger partial charge on any atom is 0.279 e. The number of amides is 1. The summed E-state index contributed by atoms with van der Waals surface area (Å²) in [4.78, 5) is 17.8. The third kappa shape index (κ3) is 5.59. The monoisotopic (exact) mass is 491 g/mol. The van der Waals surface area contributed by atoms with E-state index in [0.717, 1.165) is 21.3 Å². The highest BCUT2D eigenvalue weighted by molar-refractivity contribution is 7.89. The molecule has 8 nitrogen and oxygen atoms in total. The summed E-state index contributed by atoms with van der Waals surface area (Å²) in [6.45, 7) is 5.02. The maximum absolute atomic E-state index is 13.0. The Morgan fingerprint density at radius 3 is 2.24 bits per heavy atom. The second-order valence-corrected chi connectivity index (χ2v) is 10.7. The van der Waals surface area contributed by atoms with Gasteiger partial charge in [-0.3, -0.25) is 4.79 Å². The van der Waals surface area contributed by atoms with Crippen LogP contribution in [0.5, 0.6) is 0 Å². The molecule has 0 fully saturated rings. The molecule has 3 aromatic rings. The molecule has 0 unspecified atom stereocenters. The van der Waals surface area contributed by atoms with Crippen LogP contribution in [0.1, 0.15) is 21.5 Å². The van der Waals surface area contributed by atoms with Crippen LogP contribution in [-0.2, 0) is 26.5 Å². The predicted octanol–water partition coefficient (Wildman–Crippen LogP) is 2.88. The van der Waals surface area contributed by atoms with Crippen molar-refractivity contribution in [2.45, 2.75) is 18.7 Å². The Morgan fingerprint density at radius 1 is 1.06 bits per heavy atom. The van der Waals surface area contributed by atoms with Gasteiger partial charge in [-0.05, 0) is 55.3 Å². The van der Waals surface area contributed by atoms with E-state index in [1.807, 2.05) is 25.5 Å². The molecule has 0 saturated heterocycles. The highest BCUT2D eigenvalue weighted by atomic mass is 32.2. The van der Waals surface area contributed by atoms with E-state index in [1.165, 1.54) is 54.1 Å². The number of hydrogen-bond donors (Lipinski definition) is 0. The zero-order valence-electron chi connectivity index (χ0n) is 19.5. The number of carbonyl (C=O) groups is 1. The van der Waals surface area contributed by atoms with Crippen LogP contribution in [-0.4, -0.2) is 63.7 Å². The van der Waals surface area contributed by atoms with Crippen molar-refractivity contribution in [3.63, 3.8) is 0 Å². The molecule has 0 N–H and O–H groups in total. The summed E-state index contributed by atoms with van der Waals surface area (Å²) in [7, 11) is 1.17. The van der Waals surface area contributed by atoms with Crippen molar-refractivity contribution in [3.05, 3.63) is 57.9 Å². The molecule has 0 aliphatic heterocycles. The summed E-state index contributed by atoms with van der Waals surface area (Å²) in [5.41, 5.74) is 3.64. The molecule has 0 radical (unpaired) electrons. The van der Waals surface area contributed by atoms with E-state index < -0.39 is 15.9 Å². The van der Waals surface area contributed by atoms with Crippen molar-refractivity contribution in [2.24, 2.45) is 12.0 Å². The standard InChI is InChI=1S/C23H29N3O5S2/c1-16-14-17(2)21-20(15-16)32-23(25(21)3)24-22(27)18-6-8-19(9-7-18)33(28,29)26(10-12-30-4)11-13-31-5/h6-9,14-15H,10-13H2,1-5H3. The SMILES string of the molecule is COCCN(CCOC)S(=O)(=O)c1ccc(C(=O)N=c2sc3cc(C)cc(C)c3n2C)cc1. The van der Waals surface area contributed by atoms with Gasteiger partial charge in [0.2, 0.25) is 10.0 Å². The van der Waals surface area contributed by atoms with Crippen molar-refractivity contribution in [1.82, 2.24) is 8.87 Å². The molecular weight excluding hydrogens is 462 g/mol. The molecule has 178 valence electrons. The molecule has 0 bridgehead atoms. The highest BCUT2D eigenvalue weighted by Crippen LogP contribution is 2.22. The van der Waals surface area contributed by atoms with Crippen molar-refractivity contribution < 1.29 is 22.7 Å². The van der Waals surface area contributed by atoms with E-state index in [9.17, 15) is 13.2 Å². The van der Waals surface area contributed by atoms with Crippen molar-refractivity contribution in [2.75, 3.05) is 40.5 Å². The molecule has 1 heterocycles. The number of methoxy groups -OCH3 is 2. The Labute approximate surface area is 198 Å². The number of thiazole rings is 1. The van der Waals surface area contributed by atoms with E-state index in [2.05, 4.69) is 17.1 Å². The number of benzene rings is 2. The lowest BCUT2D eigenvalue weighted by molar-refractivity contribution is 0.0998. The van der Waals surface area contributed by atoms with E-state index in [4.69, 9.17) is 9.47 Å². The molecule has 0 aliphatic rings. The normalized spacial score (nSPS) is 12.7. The summed E-state index contributed by atoms with van der Waals surface area (Å²) < 4.78 is 40.4. The Hall–Kier alpha value is -2.37. The molecule has 33 heavy (non-hydrogen) atoms. The zero-order chi connectivity index (χ0) is 24.2. The average Bonchev–Trinajstić information content (AvgIpc) is 3.08. The Balaban J connectivity index is 1.89. The second kappa shape index (κ2) is 10.7. The quantitative estimate of drug-likeness (QED) is 0.459. The van der Waals surface area contributed by atoms with Crippen molar-refractivity contribution in [3.8, 4) is 0 Å². The van der Waals surface area contributed by atoms with E-state index >= 15 is 0 Å². The largest absolute Gasteiger partial charge is 0.383 e. The Bertz CT molecular complexity index is 1300. The van der Waals surface area contributed by atoms with Gasteiger partial charge in [-0.1, -0.05) is 17.4 Å². The zero-order valence-corrected chi connectivity index (χ0v) is 21.1. The van der Waals surface area contributed by atoms with Crippen LogP contribution < -0.4 is 4.80 Å². The van der Waals surface area contributed by atoms with E-state index in [1.54, 1.807) is 0 Å². The first-order valence-corrected chi connectivity index (χ1v) is 12.7. The van der Waals surface area contributed by atoms with Crippen LogP contribution in [0.25, 0.3) is 10.2 Å². The first-order chi connectivity index (χ1) is 15.7. The molecular formula is C23H29N3O5S2. The van der Waals surface area contributed by atoms with Crippen LogP contribution >= 0.6 is 11.3 Å². The fraction of sp³-hybridized carbons (Fsp3) is 0.391. The van der Waals surface area contributed by atoms with Gasteiger partial charge in [0, 0.05) is 39.9 Å². The third-order valence-electron chi connectivity index (χ3n) is 5.26. The summed E-state index contributed by atoms with van der Waals surface area (Å²) in [5, 5.41) is 0. The summed E-state index contributed by atoms with van der Waals surface area (Å²) in [6, 6.07) is 10.0. The van der Waals surface area contributed by atoms with Crippen LogP contribution in [0.2, 0.25) is 0 Å². The average molecular weight is 492 g/mol. The fourth-order valence-electron chi connectivity index (χ4n) is 3.60. The predicted molar refractivity (Wildman–Crippen MR) is 129 cm³/mol. The lowest BCUT2D eigenvalue weighted by Gasteiger charge is -2.21. The summed E-state index contributed by atoms with van der Waals surface area (Å²) in [5.74, 6) is -0.425. The minimum absolute atomic E-state index is 0.102. The Morgan fingerprint density at radius 2 is 1.67 bits per heavy atom. The van der Waals surface area contributed by atoms with Gasteiger partial charge in [-0.15, -0.1) is 0 Å². The second-order valence-electron chi connectivity index (χ2n) is 7.70. The molecule has 0 saturated carbocycles. The summed E-state index contributed by atoms with van der Waals surface area (Å²) in [6.07, 6.45) is 0. The number of hydrogen-bond acceptors (Lipinski definition) is 6. The van der Waals surface area contributed by atoms with Gasteiger partial charge in [0.25, 0.3) is 5.91 Å². The van der Waals surface area contributed by atoms with Gasteiger partial charge < -0.3 is 14.0 Å².